The van der Waals surface area contributed by atoms with Crippen LogP contribution in [0.1, 0.15) is 61.4 Å². The molecule has 2 rings (SSSR count). The molecule has 0 radical (unpaired) electrons. The summed E-state index contributed by atoms with van der Waals surface area (Å²) in [5.41, 5.74) is 7.46. The van der Waals surface area contributed by atoms with Crippen LogP contribution in [-0.4, -0.2) is 18.6 Å². The Balaban J connectivity index is 2.91. The highest BCUT2D eigenvalue weighted by Gasteiger charge is 2.46. The molecule has 1 N–H and O–H groups in total. The third-order valence-corrected chi connectivity index (χ3v) is 6.24. The lowest BCUT2D eigenvalue weighted by atomic mass is 9.69. The van der Waals surface area contributed by atoms with Crippen LogP contribution < -0.4 is 10.2 Å². The number of carbonyl (C=O) groups is 1. The molecule has 0 aromatic heterocycles. The van der Waals surface area contributed by atoms with E-state index in [0.29, 0.717) is 11.8 Å². The number of hydrogen-bond donors (Lipinski definition) is 1. The van der Waals surface area contributed by atoms with E-state index >= 15 is 0 Å². The van der Waals surface area contributed by atoms with E-state index in [0.717, 1.165) is 5.69 Å². The Morgan fingerprint density at radius 3 is 2.00 bits per heavy atom. The molecule has 0 bridgehead atoms. The van der Waals surface area contributed by atoms with Gasteiger partial charge in [0.15, 0.2) is 0 Å². The lowest BCUT2D eigenvalue weighted by Crippen LogP contribution is -2.59. The van der Waals surface area contributed by atoms with Crippen LogP contribution in [0.25, 0.3) is 0 Å². The molecular weight excluding hydrogens is 272 g/mol. The van der Waals surface area contributed by atoms with E-state index < -0.39 is 0 Å². The van der Waals surface area contributed by atoms with Gasteiger partial charge < -0.3 is 5.32 Å². The zero-order chi connectivity index (χ0) is 17.0. The van der Waals surface area contributed by atoms with Crippen molar-refractivity contribution in [3.8, 4) is 0 Å². The number of rotatable bonds is 0. The molecule has 0 spiro atoms. The van der Waals surface area contributed by atoms with Crippen molar-refractivity contribution in [2.24, 2.45) is 5.92 Å². The molecule has 2 unspecified atom stereocenters. The Labute approximate surface area is 135 Å². The van der Waals surface area contributed by atoms with Gasteiger partial charge in [-0.25, -0.2) is 4.79 Å². The summed E-state index contributed by atoms with van der Waals surface area (Å²) in [5.74, 6) is 0.821. The van der Waals surface area contributed by atoms with Crippen molar-refractivity contribution in [1.82, 2.24) is 5.32 Å². The molecule has 2 amide bonds. The van der Waals surface area contributed by atoms with E-state index in [1.807, 2.05) is 4.90 Å². The molecule has 0 saturated heterocycles. The number of nitrogens with zero attached hydrogens (tertiary/aromatic N) is 1. The summed E-state index contributed by atoms with van der Waals surface area (Å²) in [4.78, 5) is 14.7. The molecule has 1 aliphatic rings. The molecule has 0 saturated carbocycles. The van der Waals surface area contributed by atoms with Gasteiger partial charge in [0.1, 0.15) is 0 Å². The maximum atomic E-state index is 12.7. The number of nitrogens with one attached hydrogen (secondary N) is 1. The van der Waals surface area contributed by atoms with Gasteiger partial charge in [-0.3, -0.25) is 4.90 Å². The number of anilines is 1. The van der Waals surface area contributed by atoms with Crippen LogP contribution in [0, 0.1) is 33.6 Å². The highest BCUT2D eigenvalue weighted by molar-refractivity contribution is 5.96. The maximum absolute atomic E-state index is 12.7. The second kappa shape index (κ2) is 5.29. The summed E-state index contributed by atoms with van der Waals surface area (Å²) in [7, 11) is 1.71. The Bertz CT molecular complexity index is 631. The van der Waals surface area contributed by atoms with Crippen LogP contribution in [0.4, 0.5) is 10.5 Å². The molecule has 122 valence electrons. The van der Waals surface area contributed by atoms with Gasteiger partial charge in [-0.1, -0.05) is 13.8 Å². The van der Waals surface area contributed by atoms with Gasteiger partial charge in [-0.2, -0.15) is 0 Å². The standard InChI is InChI=1S/C19H30N2O/c1-10-11(2)13(4)17-16(12(10)3)14(5)15(6)19(7,8)21(17)18(22)20-9/h14-15H,1-9H3,(H,20,22). The first-order valence-electron chi connectivity index (χ1n) is 8.19. The Morgan fingerprint density at radius 2 is 1.50 bits per heavy atom. The van der Waals surface area contributed by atoms with E-state index in [9.17, 15) is 4.79 Å². The number of hydrogen-bond acceptors (Lipinski definition) is 1. The van der Waals surface area contributed by atoms with Crippen LogP contribution in [0.3, 0.4) is 0 Å². The van der Waals surface area contributed by atoms with E-state index in [4.69, 9.17) is 0 Å². The lowest BCUT2D eigenvalue weighted by molar-refractivity contribution is 0.221. The topological polar surface area (TPSA) is 32.3 Å². The van der Waals surface area contributed by atoms with Crippen molar-refractivity contribution in [1.29, 1.82) is 0 Å². The minimum absolute atomic E-state index is 0.0178. The molecule has 1 aromatic carbocycles. The van der Waals surface area contributed by atoms with Gasteiger partial charge in [0.25, 0.3) is 0 Å². The average molecular weight is 302 g/mol. The van der Waals surface area contributed by atoms with Crippen LogP contribution in [0.15, 0.2) is 0 Å². The van der Waals surface area contributed by atoms with E-state index in [-0.39, 0.29) is 11.6 Å². The maximum Gasteiger partial charge on any atom is 0.322 e. The quantitative estimate of drug-likeness (QED) is 0.746. The zero-order valence-electron chi connectivity index (χ0n) is 15.5. The molecule has 3 nitrogen and oxygen atoms in total. The predicted octanol–water partition coefficient (Wildman–Crippen LogP) is 4.60. The van der Waals surface area contributed by atoms with Crippen molar-refractivity contribution >= 4 is 11.7 Å². The lowest BCUT2D eigenvalue weighted by Gasteiger charge is -2.51. The van der Waals surface area contributed by atoms with Crippen LogP contribution in [-0.2, 0) is 0 Å². The first kappa shape index (κ1) is 16.9. The summed E-state index contributed by atoms with van der Waals surface area (Å²) in [5, 5.41) is 2.83. The van der Waals surface area contributed by atoms with Gasteiger partial charge in [0, 0.05) is 12.6 Å². The molecular formula is C19H30N2O. The molecule has 0 aliphatic carbocycles. The number of fused-ring (bicyclic) bond motifs is 1. The van der Waals surface area contributed by atoms with Gasteiger partial charge >= 0.3 is 6.03 Å². The Hall–Kier alpha value is -1.51. The Kier molecular flexibility index (Phi) is 4.05. The fourth-order valence-corrected chi connectivity index (χ4v) is 4.00. The van der Waals surface area contributed by atoms with Crippen LogP contribution in [0.2, 0.25) is 0 Å². The van der Waals surface area contributed by atoms with Gasteiger partial charge in [-0.05, 0) is 81.2 Å². The molecule has 1 aliphatic heterocycles. The van der Waals surface area contributed by atoms with E-state index in [1.54, 1.807) is 7.05 Å². The summed E-state index contributed by atoms with van der Waals surface area (Å²) >= 11 is 0. The molecule has 3 heteroatoms. The number of amides is 2. The summed E-state index contributed by atoms with van der Waals surface area (Å²) in [6.45, 7) is 17.6. The van der Waals surface area contributed by atoms with Crippen molar-refractivity contribution < 1.29 is 4.79 Å². The third kappa shape index (κ3) is 2.05. The minimum Gasteiger partial charge on any atom is -0.341 e. The highest BCUT2D eigenvalue weighted by atomic mass is 16.2. The second-order valence-electron chi connectivity index (χ2n) is 7.38. The van der Waals surface area contributed by atoms with Crippen LogP contribution >= 0.6 is 0 Å². The van der Waals surface area contributed by atoms with Crippen LogP contribution in [0.5, 0.6) is 0 Å². The summed E-state index contributed by atoms with van der Waals surface area (Å²) < 4.78 is 0. The smallest absolute Gasteiger partial charge is 0.322 e. The third-order valence-electron chi connectivity index (χ3n) is 6.24. The normalized spacial score (nSPS) is 23.2. The fourth-order valence-electron chi connectivity index (χ4n) is 4.00. The number of urea groups is 1. The minimum atomic E-state index is -0.217. The highest BCUT2D eigenvalue weighted by Crippen LogP contribution is 2.50. The molecule has 1 heterocycles. The first-order chi connectivity index (χ1) is 10.1. The first-order valence-corrected chi connectivity index (χ1v) is 8.19. The number of carbonyl (C=O) groups excluding carboxylic acids is 1. The fraction of sp³-hybridized carbons (Fsp3) is 0.632. The predicted molar refractivity (Wildman–Crippen MR) is 94.0 cm³/mol. The monoisotopic (exact) mass is 302 g/mol. The van der Waals surface area contributed by atoms with Crippen molar-refractivity contribution in [3.63, 3.8) is 0 Å². The summed E-state index contributed by atoms with van der Waals surface area (Å²) in [6, 6.07) is -0.0178. The average Bonchev–Trinajstić information content (AvgIpc) is 2.47. The van der Waals surface area contributed by atoms with Crippen molar-refractivity contribution in [2.45, 2.75) is 66.8 Å². The largest absolute Gasteiger partial charge is 0.341 e. The van der Waals surface area contributed by atoms with Crippen molar-refractivity contribution in [2.75, 3.05) is 11.9 Å². The van der Waals surface area contributed by atoms with Gasteiger partial charge in [0.05, 0.1) is 5.69 Å². The Morgan fingerprint density at radius 1 is 1.00 bits per heavy atom. The SMILES string of the molecule is CNC(=O)N1c2c(C)c(C)c(C)c(C)c2C(C)C(C)C1(C)C. The second-order valence-corrected chi connectivity index (χ2v) is 7.38. The van der Waals surface area contributed by atoms with Crippen molar-refractivity contribution in [3.05, 3.63) is 27.8 Å². The molecule has 22 heavy (non-hydrogen) atoms. The van der Waals surface area contributed by atoms with E-state index in [1.165, 1.54) is 27.8 Å². The number of benzene rings is 1. The molecule has 0 fully saturated rings. The van der Waals surface area contributed by atoms with Gasteiger partial charge in [-0.15, -0.1) is 0 Å². The summed E-state index contributed by atoms with van der Waals surface area (Å²) in [6.07, 6.45) is 0. The zero-order valence-corrected chi connectivity index (χ0v) is 15.5. The van der Waals surface area contributed by atoms with Gasteiger partial charge in [0.2, 0.25) is 0 Å². The molecule has 1 aromatic rings. The molecule has 2 atom stereocenters. The van der Waals surface area contributed by atoms with E-state index in [2.05, 4.69) is 60.7 Å².